The number of rotatable bonds is 12. The van der Waals surface area contributed by atoms with E-state index < -0.39 is 15.7 Å². The molecule has 0 saturated carbocycles. The van der Waals surface area contributed by atoms with Crippen molar-refractivity contribution in [1.29, 1.82) is 0 Å². The van der Waals surface area contributed by atoms with Crippen molar-refractivity contribution in [3.8, 4) is 28.6 Å². The van der Waals surface area contributed by atoms with E-state index in [4.69, 9.17) is 19.2 Å². The highest BCUT2D eigenvalue weighted by Crippen LogP contribution is 2.32. The molecular weight excluding hydrogens is 534 g/mol. The fourth-order valence-electron chi connectivity index (χ4n) is 4.52. The first kappa shape index (κ1) is 29.1. The highest BCUT2D eigenvalue weighted by molar-refractivity contribution is 7.89. The van der Waals surface area contributed by atoms with Crippen molar-refractivity contribution in [2.24, 2.45) is 0 Å². The van der Waals surface area contributed by atoms with Crippen LogP contribution in [0, 0.1) is 6.92 Å². The second-order valence-electron chi connectivity index (χ2n) is 9.26. The molecule has 0 fully saturated rings. The zero-order valence-electron chi connectivity index (χ0n) is 23.6. The summed E-state index contributed by atoms with van der Waals surface area (Å²) >= 11 is 0. The van der Waals surface area contributed by atoms with E-state index in [2.05, 4.69) is 9.97 Å². The van der Waals surface area contributed by atoms with E-state index in [-0.39, 0.29) is 17.3 Å². The minimum Gasteiger partial charge on any atom is -0.493 e. The molecule has 4 rings (SSSR count). The fraction of sp³-hybridized carbons (Fsp3) is 0.393. The molecule has 0 spiro atoms. The third kappa shape index (κ3) is 5.68. The van der Waals surface area contributed by atoms with Crippen molar-refractivity contribution in [3.05, 3.63) is 64.0 Å². The van der Waals surface area contributed by atoms with Crippen molar-refractivity contribution in [3.63, 3.8) is 0 Å². The van der Waals surface area contributed by atoms with Crippen LogP contribution in [0.4, 0.5) is 0 Å². The molecule has 4 aromatic rings. The van der Waals surface area contributed by atoms with Gasteiger partial charge in [-0.1, -0.05) is 19.4 Å². The zero-order chi connectivity index (χ0) is 29.0. The van der Waals surface area contributed by atoms with Gasteiger partial charge in [0.2, 0.25) is 10.0 Å². The van der Waals surface area contributed by atoms with Crippen LogP contribution in [-0.2, 0) is 22.9 Å². The average Bonchev–Trinajstić information content (AvgIpc) is 3.27. The van der Waals surface area contributed by atoms with Gasteiger partial charge in [-0.05, 0) is 62.6 Å². The van der Waals surface area contributed by atoms with Crippen LogP contribution < -0.4 is 19.9 Å². The number of nitrogens with zero attached hydrogens (tertiary/aromatic N) is 4. The Morgan fingerprint density at radius 1 is 0.975 bits per heavy atom. The van der Waals surface area contributed by atoms with Crippen molar-refractivity contribution >= 4 is 15.7 Å². The standard InChI is InChI=1S/C28H35N5O6S/c1-7-9-22-27-30-26(31-28(34)33(27)18(3)29-22)21-17-20(11-13-23(21)39-8-2)40(35,36)32(4)15-14-19-10-12-24(37-5)25(16-19)38-6/h10-13,16-17H,7-9,14-15H2,1-6H3,(H,30,31,34). The van der Waals surface area contributed by atoms with Gasteiger partial charge in [-0.2, -0.15) is 0 Å². The number of nitrogens with one attached hydrogen (secondary N) is 1. The fourth-order valence-corrected chi connectivity index (χ4v) is 5.72. The summed E-state index contributed by atoms with van der Waals surface area (Å²) in [4.78, 5) is 25.1. The highest BCUT2D eigenvalue weighted by Gasteiger charge is 2.24. The average molecular weight is 570 g/mol. The first-order valence-corrected chi connectivity index (χ1v) is 14.5. The number of hydrogen-bond donors (Lipinski definition) is 1. The molecule has 0 aliphatic heterocycles. The number of H-pyrrole nitrogens is 1. The maximum absolute atomic E-state index is 13.6. The van der Waals surface area contributed by atoms with Gasteiger partial charge in [0.25, 0.3) is 0 Å². The number of hydrogen-bond acceptors (Lipinski definition) is 8. The molecule has 2 aromatic carbocycles. The van der Waals surface area contributed by atoms with Crippen LogP contribution >= 0.6 is 0 Å². The van der Waals surface area contributed by atoms with E-state index in [9.17, 15) is 13.2 Å². The molecule has 0 amide bonds. The molecule has 214 valence electrons. The van der Waals surface area contributed by atoms with Gasteiger partial charge >= 0.3 is 5.69 Å². The zero-order valence-corrected chi connectivity index (χ0v) is 24.5. The molecule has 0 saturated heterocycles. The van der Waals surface area contributed by atoms with Crippen molar-refractivity contribution in [1.82, 2.24) is 23.7 Å². The molecule has 2 aromatic heterocycles. The van der Waals surface area contributed by atoms with Crippen LogP contribution in [0.1, 0.15) is 37.4 Å². The molecule has 12 heteroatoms. The second-order valence-corrected chi connectivity index (χ2v) is 11.3. The van der Waals surface area contributed by atoms with Gasteiger partial charge in [-0.15, -0.1) is 0 Å². The number of methoxy groups -OCH3 is 2. The maximum Gasteiger partial charge on any atom is 0.334 e. The summed E-state index contributed by atoms with van der Waals surface area (Å²) in [5.41, 5.74) is 2.03. The monoisotopic (exact) mass is 569 g/mol. The molecule has 0 bridgehead atoms. The topological polar surface area (TPSA) is 128 Å². The van der Waals surface area contributed by atoms with Gasteiger partial charge in [-0.25, -0.2) is 31.9 Å². The molecule has 40 heavy (non-hydrogen) atoms. The van der Waals surface area contributed by atoms with Gasteiger partial charge in [-0.3, -0.25) is 4.98 Å². The maximum atomic E-state index is 13.6. The molecule has 11 nitrogen and oxygen atoms in total. The third-order valence-electron chi connectivity index (χ3n) is 6.60. The normalized spacial score (nSPS) is 11.8. The summed E-state index contributed by atoms with van der Waals surface area (Å²) in [6.45, 7) is 6.19. The minimum absolute atomic E-state index is 0.0572. The molecule has 0 atom stereocenters. The van der Waals surface area contributed by atoms with Crippen molar-refractivity contribution in [2.75, 3.05) is 34.4 Å². The Morgan fingerprint density at radius 2 is 1.70 bits per heavy atom. The number of aryl methyl sites for hydroxylation is 2. The summed E-state index contributed by atoms with van der Waals surface area (Å²) in [7, 11) is 0.770. The van der Waals surface area contributed by atoms with Gasteiger partial charge in [0.15, 0.2) is 17.1 Å². The summed E-state index contributed by atoms with van der Waals surface area (Å²) < 4.78 is 46.3. The smallest absolute Gasteiger partial charge is 0.334 e. The Labute approximate surface area is 233 Å². The molecule has 0 unspecified atom stereocenters. The molecule has 0 aliphatic rings. The lowest BCUT2D eigenvalue weighted by atomic mass is 10.1. The van der Waals surface area contributed by atoms with Gasteiger partial charge in [0, 0.05) is 13.6 Å². The summed E-state index contributed by atoms with van der Waals surface area (Å²) in [6, 6.07) is 10.1. The number of aromatic amines is 1. The van der Waals surface area contributed by atoms with Crippen LogP contribution in [0.25, 0.3) is 17.0 Å². The lowest BCUT2D eigenvalue weighted by Gasteiger charge is -2.19. The summed E-state index contributed by atoms with van der Waals surface area (Å²) in [6.07, 6.45) is 1.96. The number of imidazole rings is 1. The summed E-state index contributed by atoms with van der Waals surface area (Å²) in [5, 5.41) is 0. The largest absolute Gasteiger partial charge is 0.493 e. The Hall–Kier alpha value is -3.90. The second kappa shape index (κ2) is 12.1. The van der Waals surface area contributed by atoms with Crippen LogP contribution in [0.15, 0.2) is 46.1 Å². The quantitative estimate of drug-likeness (QED) is 0.274. The van der Waals surface area contributed by atoms with Crippen LogP contribution in [-0.4, -0.2) is 66.5 Å². The number of sulfonamides is 1. The third-order valence-corrected chi connectivity index (χ3v) is 8.45. The van der Waals surface area contributed by atoms with Crippen LogP contribution in [0.3, 0.4) is 0 Å². The van der Waals surface area contributed by atoms with Crippen LogP contribution in [0.2, 0.25) is 0 Å². The van der Waals surface area contributed by atoms with Gasteiger partial charge in [0.1, 0.15) is 17.4 Å². The predicted molar refractivity (Wildman–Crippen MR) is 152 cm³/mol. The number of fused-ring (bicyclic) bond motifs is 1. The first-order valence-electron chi connectivity index (χ1n) is 13.1. The molecular formula is C28H35N5O6S. The van der Waals surface area contributed by atoms with Crippen LogP contribution in [0.5, 0.6) is 17.2 Å². The van der Waals surface area contributed by atoms with E-state index in [1.54, 1.807) is 33.3 Å². The van der Waals surface area contributed by atoms with E-state index in [1.165, 1.54) is 27.9 Å². The van der Waals surface area contributed by atoms with Gasteiger partial charge < -0.3 is 14.2 Å². The molecule has 2 heterocycles. The van der Waals surface area contributed by atoms with E-state index in [0.29, 0.717) is 59.4 Å². The number of aromatic nitrogens is 4. The number of ether oxygens (including phenoxy) is 3. The number of benzene rings is 2. The lowest BCUT2D eigenvalue weighted by Crippen LogP contribution is -2.29. The van der Waals surface area contributed by atoms with Gasteiger partial charge in [0.05, 0.1) is 37.0 Å². The minimum atomic E-state index is -3.88. The summed E-state index contributed by atoms with van der Waals surface area (Å²) in [5.74, 6) is 2.34. The van der Waals surface area contributed by atoms with E-state index >= 15 is 0 Å². The Balaban J connectivity index is 1.70. The Kier molecular flexibility index (Phi) is 8.79. The van der Waals surface area contributed by atoms with E-state index in [0.717, 1.165) is 12.0 Å². The molecule has 1 N–H and O–H groups in total. The lowest BCUT2D eigenvalue weighted by molar-refractivity contribution is 0.341. The number of likely N-dealkylation sites (N-methyl/N-ethyl adjacent to an activating group) is 1. The highest BCUT2D eigenvalue weighted by atomic mass is 32.2. The van der Waals surface area contributed by atoms with E-state index in [1.807, 2.05) is 26.0 Å². The Bertz CT molecular complexity index is 1680. The molecule has 0 radical (unpaired) electrons. The first-order chi connectivity index (χ1) is 19.1. The Morgan fingerprint density at radius 3 is 2.38 bits per heavy atom. The molecule has 0 aliphatic carbocycles. The van der Waals surface area contributed by atoms with Crippen molar-refractivity contribution < 1.29 is 22.6 Å². The SMILES string of the molecule is CCCc1nc(C)n2c(=O)[nH]c(-c3cc(S(=O)(=O)N(C)CCc4ccc(OC)c(OC)c4)ccc3OCC)nc12. The predicted octanol–water partition coefficient (Wildman–Crippen LogP) is 3.62. The van der Waals surface area contributed by atoms with Crippen molar-refractivity contribution in [2.45, 2.75) is 44.9 Å².